The first-order valence-electron chi connectivity index (χ1n) is 8.60. The van der Waals surface area contributed by atoms with Gasteiger partial charge < -0.3 is 16.0 Å². The Morgan fingerprint density at radius 1 is 0.958 bits per heavy atom. The molecule has 0 aliphatic carbocycles. The molecule has 3 N–H and O–H groups in total. The van der Waals surface area contributed by atoms with Crippen LogP contribution in [0.4, 0.5) is 0 Å². The third-order valence-electron chi connectivity index (χ3n) is 3.34. The van der Waals surface area contributed by atoms with E-state index in [1.165, 1.54) is 0 Å². The molecule has 1 rings (SSSR count). The minimum absolute atomic E-state index is 0. The van der Waals surface area contributed by atoms with Gasteiger partial charge >= 0.3 is 0 Å². The van der Waals surface area contributed by atoms with E-state index in [1.54, 1.807) is 0 Å². The standard InChI is InChI=1S/C18H30N4O.HI/c1-4-7-13-20-17(23)16-10-8-15(9-11-16)14-22-18(19-6-3)21-12-5-2;/h8-11H,4-7,12-14H2,1-3H3,(H,20,23)(H2,19,21,22);1H. The number of aliphatic imine (C=N–C) groups is 1. The fourth-order valence-corrected chi connectivity index (χ4v) is 2.00. The molecular weight excluding hydrogens is 415 g/mol. The number of carbonyl (C=O) groups excluding carboxylic acids is 1. The quantitative estimate of drug-likeness (QED) is 0.236. The maximum Gasteiger partial charge on any atom is 0.251 e. The van der Waals surface area contributed by atoms with Gasteiger partial charge in [0.1, 0.15) is 0 Å². The summed E-state index contributed by atoms with van der Waals surface area (Å²) in [6.07, 6.45) is 3.15. The van der Waals surface area contributed by atoms with E-state index in [0.717, 1.165) is 50.4 Å². The largest absolute Gasteiger partial charge is 0.357 e. The minimum Gasteiger partial charge on any atom is -0.357 e. The Hall–Kier alpha value is -1.31. The second-order valence-corrected chi connectivity index (χ2v) is 5.43. The molecule has 1 aromatic carbocycles. The smallest absolute Gasteiger partial charge is 0.251 e. The SMILES string of the molecule is CCCCNC(=O)c1ccc(CN=C(NCC)NCCC)cc1.I. The topological polar surface area (TPSA) is 65.5 Å². The highest BCUT2D eigenvalue weighted by Crippen LogP contribution is 2.06. The second kappa shape index (κ2) is 14.1. The highest BCUT2D eigenvalue weighted by molar-refractivity contribution is 14.0. The molecule has 0 radical (unpaired) electrons. The van der Waals surface area contributed by atoms with Gasteiger partial charge in [-0.2, -0.15) is 0 Å². The van der Waals surface area contributed by atoms with Crippen molar-refractivity contribution >= 4 is 35.8 Å². The average Bonchev–Trinajstić information content (AvgIpc) is 2.58. The van der Waals surface area contributed by atoms with E-state index in [4.69, 9.17) is 0 Å². The number of hydrogen-bond donors (Lipinski definition) is 3. The molecule has 0 saturated heterocycles. The lowest BCUT2D eigenvalue weighted by Gasteiger charge is -2.10. The Kier molecular flexibility index (Phi) is 13.3. The van der Waals surface area contributed by atoms with Crippen LogP contribution in [0.3, 0.4) is 0 Å². The highest BCUT2D eigenvalue weighted by Gasteiger charge is 2.04. The maximum atomic E-state index is 11.9. The molecule has 0 aliphatic heterocycles. The maximum absolute atomic E-state index is 11.9. The van der Waals surface area contributed by atoms with Crippen molar-refractivity contribution in [2.45, 2.75) is 46.6 Å². The predicted octanol–water partition coefficient (Wildman–Crippen LogP) is 3.30. The summed E-state index contributed by atoms with van der Waals surface area (Å²) >= 11 is 0. The summed E-state index contributed by atoms with van der Waals surface area (Å²) < 4.78 is 0. The molecule has 0 fully saturated rings. The zero-order chi connectivity index (χ0) is 16.9. The zero-order valence-electron chi connectivity index (χ0n) is 15.0. The Morgan fingerprint density at radius 2 is 1.67 bits per heavy atom. The van der Waals surface area contributed by atoms with Crippen molar-refractivity contribution in [3.05, 3.63) is 35.4 Å². The third kappa shape index (κ3) is 9.10. The zero-order valence-corrected chi connectivity index (χ0v) is 17.4. The van der Waals surface area contributed by atoms with Crippen molar-refractivity contribution in [1.29, 1.82) is 0 Å². The van der Waals surface area contributed by atoms with Gasteiger partial charge in [-0.1, -0.05) is 32.4 Å². The number of carbonyl (C=O) groups is 1. The average molecular weight is 446 g/mol. The van der Waals surface area contributed by atoms with Gasteiger partial charge in [-0.15, -0.1) is 24.0 Å². The fourth-order valence-electron chi connectivity index (χ4n) is 2.00. The van der Waals surface area contributed by atoms with E-state index < -0.39 is 0 Å². The molecule has 0 bridgehead atoms. The molecule has 0 unspecified atom stereocenters. The summed E-state index contributed by atoms with van der Waals surface area (Å²) in [5.74, 6) is 0.821. The van der Waals surface area contributed by atoms with Crippen molar-refractivity contribution in [2.24, 2.45) is 4.99 Å². The molecule has 0 aliphatic rings. The number of nitrogens with zero attached hydrogens (tertiary/aromatic N) is 1. The summed E-state index contributed by atoms with van der Waals surface area (Å²) in [4.78, 5) is 16.5. The molecule has 24 heavy (non-hydrogen) atoms. The molecule has 0 heterocycles. The first kappa shape index (κ1) is 22.7. The van der Waals surface area contributed by atoms with Crippen LogP contribution < -0.4 is 16.0 Å². The Balaban J connectivity index is 0.00000529. The van der Waals surface area contributed by atoms with E-state index in [1.807, 2.05) is 24.3 Å². The van der Waals surface area contributed by atoms with Gasteiger partial charge in [0.05, 0.1) is 6.54 Å². The van der Waals surface area contributed by atoms with Crippen molar-refractivity contribution in [3.63, 3.8) is 0 Å². The van der Waals surface area contributed by atoms with Gasteiger partial charge in [-0.3, -0.25) is 4.79 Å². The van der Waals surface area contributed by atoms with Crippen LogP contribution in [0.2, 0.25) is 0 Å². The molecule has 1 amide bonds. The van der Waals surface area contributed by atoms with Gasteiger partial charge in [0.15, 0.2) is 5.96 Å². The van der Waals surface area contributed by atoms with Crippen LogP contribution in [0, 0.1) is 0 Å². The molecule has 0 aromatic heterocycles. The molecule has 5 nitrogen and oxygen atoms in total. The number of guanidine groups is 1. The van der Waals surface area contributed by atoms with E-state index in [2.05, 4.69) is 41.7 Å². The highest BCUT2D eigenvalue weighted by atomic mass is 127. The van der Waals surface area contributed by atoms with Crippen LogP contribution in [-0.4, -0.2) is 31.5 Å². The summed E-state index contributed by atoms with van der Waals surface area (Å²) in [5, 5.41) is 9.42. The summed E-state index contributed by atoms with van der Waals surface area (Å²) in [6, 6.07) is 7.64. The number of unbranched alkanes of at least 4 members (excludes halogenated alkanes) is 1. The normalized spacial score (nSPS) is 10.7. The van der Waals surface area contributed by atoms with Crippen molar-refractivity contribution in [3.8, 4) is 0 Å². The van der Waals surface area contributed by atoms with Crippen LogP contribution in [0.1, 0.15) is 56.0 Å². The van der Waals surface area contributed by atoms with Gasteiger partial charge in [-0.05, 0) is 37.5 Å². The molecular formula is C18H31IN4O. The number of halogens is 1. The van der Waals surface area contributed by atoms with Crippen LogP contribution in [0.25, 0.3) is 0 Å². The Bertz CT molecular complexity index is 488. The number of benzene rings is 1. The summed E-state index contributed by atoms with van der Waals surface area (Å²) in [7, 11) is 0. The van der Waals surface area contributed by atoms with E-state index in [0.29, 0.717) is 12.1 Å². The lowest BCUT2D eigenvalue weighted by Crippen LogP contribution is -2.37. The first-order valence-corrected chi connectivity index (χ1v) is 8.60. The number of hydrogen-bond acceptors (Lipinski definition) is 2. The van der Waals surface area contributed by atoms with Crippen molar-refractivity contribution < 1.29 is 4.79 Å². The minimum atomic E-state index is -0.00791. The molecule has 0 spiro atoms. The fraction of sp³-hybridized carbons (Fsp3) is 0.556. The lowest BCUT2D eigenvalue weighted by atomic mass is 10.1. The summed E-state index contributed by atoms with van der Waals surface area (Å²) in [6.45, 7) is 9.36. The van der Waals surface area contributed by atoms with Gasteiger partial charge in [-0.25, -0.2) is 4.99 Å². The van der Waals surface area contributed by atoms with E-state index in [-0.39, 0.29) is 29.9 Å². The summed E-state index contributed by atoms with van der Waals surface area (Å²) in [5.41, 5.74) is 1.79. The molecule has 6 heteroatoms. The van der Waals surface area contributed by atoms with Crippen LogP contribution in [-0.2, 0) is 6.54 Å². The van der Waals surface area contributed by atoms with Gasteiger partial charge in [0.25, 0.3) is 5.91 Å². The molecule has 0 atom stereocenters. The monoisotopic (exact) mass is 446 g/mol. The predicted molar refractivity (Wildman–Crippen MR) is 112 cm³/mol. The van der Waals surface area contributed by atoms with E-state index >= 15 is 0 Å². The molecule has 136 valence electrons. The number of nitrogens with one attached hydrogen (secondary N) is 3. The van der Waals surface area contributed by atoms with Crippen molar-refractivity contribution in [1.82, 2.24) is 16.0 Å². The van der Waals surface area contributed by atoms with Crippen molar-refractivity contribution in [2.75, 3.05) is 19.6 Å². The Labute approximate surface area is 163 Å². The lowest BCUT2D eigenvalue weighted by molar-refractivity contribution is 0.0953. The van der Waals surface area contributed by atoms with E-state index in [9.17, 15) is 4.79 Å². The molecule has 0 saturated carbocycles. The van der Waals surface area contributed by atoms with Gasteiger partial charge in [0, 0.05) is 25.2 Å². The van der Waals surface area contributed by atoms with Crippen LogP contribution >= 0.6 is 24.0 Å². The van der Waals surface area contributed by atoms with Crippen LogP contribution in [0.5, 0.6) is 0 Å². The van der Waals surface area contributed by atoms with Gasteiger partial charge in [0.2, 0.25) is 0 Å². The third-order valence-corrected chi connectivity index (χ3v) is 3.34. The number of amides is 1. The second-order valence-electron chi connectivity index (χ2n) is 5.43. The first-order chi connectivity index (χ1) is 11.2. The number of rotatable bonds is 9. The molecule has 1 aromatic rings. The van der Waals surface area contributed by atoms with Crippen LogP contribution in [0.15, 0.2) is 29.3 Å². The Morgan fingerprint density at radius 3 is 2.25 bits per heavy atom.